The van der Waals surface area contributed by atoms with Crippen molar-refractivity contribution in [3.63, 3.8) is 0 Å². The molecule has 0 heterocycles. The smallest absolute Gasteiger partial charge is 0.220 e. The minimum atomic E-state index is 0.187. The maximum absolute atomic E-state index is 11.9. The Hall–Kier alpha value is -1.57. The molecule has 1 amide bonds. The lowest BCUT2D eigenvalue weighted by Gasteiger charge is -2.05. The summed E-state index contributed by atoms with van der Waals surface area (Å²) in [5.41, 5.74) is 1.17. The molecule has 1 aromatic carbocycles. The molecule has 0 bridgehead atoms. The summed E-state index contributed by atoms with van der Waals surface area (Å²) in [4.78, 5) is 11.9. The lowest BCUT2D eigenvalue weighted by Crippen LogP contribution is -2.22. The van der Waals surface area contributed by atoms with Gasteiger partial charge in [0.1, 0.15) is 0 Å². The van der Waals surface area contributed by atoms with Crippen molar-refractivity contribution in [2.45, 2.75) is 142 Å². The van der Waals surface area contributed by atoms with Crippen LogP contribution in [0, 0.1) is 0 Å². The number of carbonyl (C=O) groups is 1. The van der Waals surface area contributed by atoms with Gasteiger partial charge in [-0.2, -0.15) is 0 Å². The quantitative estimate of drug-likeness (QED) is 0.129. The maximum Gasteiger partial charge on any atom is 0.220 e. The Morgan fingerprint density at radius 1 is 0.636 bits per heavy atom. The van der Waals surface area contributed by atoms with Crippen LogP contribution in [-0.4, -0.2) is 5.91 Å². The summed E-state index contributed by atoms with van der Waals surface area (Å²) in [7, 11) is 0. The molecule has 1 rings (SSSR count). The Morgan fingerprint density at radius 3 is 1.61 bits per heavy atom. The fourth-order valence-corrected chi connectivity index (χ4v) is 4.30. The van der Waals surface area contributed by atoms with E-state index >= 15 is 0 Å². The third-order valence-corrected chi connectivity index (χ3v) is 6.50. The maximum atomic E-state index is 11.9. The Kier molecular flexibility index (Phi) is 21.1. The van der Waals surface area contributed by atoms with Gasteiger partial charge in [-0.05, 0) is 37.7 Å². The fourth-order valence-electron chi connectivity index (χ4n) is 4.30. The van der Waals surface area contributed by atoms with Gasteiger partial charge < -0.3 is 5.32 Å². The average molecular weight is 456 g/mol. The van der Waals surface area contributed by atoms with Crippen molar-refractivity contribution in [1.82, 2.24) is 5.32 Å². The molecule has 0 saturated heterocycles. The summed E-state index contributed by atoms with van der Waals surface area (Å²) in [5.74, 6) is 0.187. The van der Waals surface area contributed by atoms with Crippen LogP contribution >= 0.6 is 0 Å². The Bertz CT molecular complexity index is 566. The van der Waals surface area contributed by atoms with Gasteiger partial charge in [-0.1, -0.05) is 139 Å². The Labute approximate surface area is 206 Å². The molecular formula is C31H53NO. The molecule has 2 heteroatoms. The van der Waals surface area contributed by atoms with Crippen LogP contribution in [0.15, 0.2) is 42.5 Å². The monoisotopic (exact) mass is 455 g/mol. The average Bonchev–Trinajstić information content (AvgIpc) is 2.84. The normalized spacial score (nSPS) is 11.3. The number of benzene rings is 1. The van der Waals surface area contributed by atoms with Crippen molar-refractivity contribution in [3.8, 4) is 0 Å². The van der Waals surface area contributed by atoms with Crippen LogP contribution in [0.4, 0.5) is 0 Å². The lowest BCUT2D eigenvalue weighted by atomic mass is 10.0. The van der Waals surface area contributed by atoms with Gasteiger partial charge in [0, 0.05) is 13.0 Å². The van der Waals surface area contributed by atoms with Gasteiger partial charge in [-0.3, -0.25) is 4.79 Å². The van der Waals surface area contributed by atoms with E-state index in [1.165, 1.54) is 121 Å². The van der Waals surface area contributed by atoms with Crippen LogP contribution in [0.2, 0.25) is 0 Å². The van der Waals surface area contributed by atoms with Crippen LogP contribution < -0.4 is 5.32 Å². The predicted molar refractivity (Wildman–Crippen MR) is 145 cm³/mol. The van der Waals surface area contributed by atoms with Gasteiger partial charge in [-0.15, -0.1) is 0 Å². The zero-order valence-corrected chi connectivity index (χ0v) is 21.8. The number of hydrogen-bond acceptors (Lipinski definition) is 1. The molecule has 33 heavy (non-hydrogen) atoms. The van der Waals surface area contributed by atoms with Crippen molar-refractivity contribution in [2.75, 3.05) is 0 Å². The van der Waals surface area contributed by atoms with Gasteiger partial charge in [-0.25, -0.2) is 0 Å². The number of amides is 1. The van der Waals surface area contributed by atoms with E-state index in [2.05, 4.69) is 36.5 Å². The number of nitrogens with one attached hydrogen (secondary N) is 1. The minimum Gasteiger partial charge on any atom is -0.352 e. The van der Waals surface area contributed by atoms with Crippen LogP contribution in [0.25, 0.3) is 0 Å². The number of allylic oxidation sites excluding steroid dienone is 2. The largest absolute Gasteiger partial charge is 0.352 e. The van der Waals surface area contributed by atoms with E-state index in [0.29, 0.717) is 13.0 Å². The summed E-state index contributed by atoms with van der Waals surface area (Å²) in [6.07, 6.45) is 31.0. The van der Waals surface area contributed by atoms with Crippen molar-refractivity contribution < 1.29 is 4.79 Å². The fraction of sp³-hybridized carbons (Fsp3) is 0.710. The first-order valence-corrected chi connectivity index (χ1v) is 14.3. The van der Waals surface area contributed by atoms with Gasteiger partial charge in [0.15, 0.2) is 0 Å². The van der Waals surface area contributed by atoms with E-state index in [9.17, 15) is 4.79 Å². The highest BCUT2D eigenvalue weighted by molar-refractivity contribution is 5.75. The van der Waals surface area contributed by atoms with Gasteiger partial charge in [0.05, 0.1) is 0 Å². The Balaban J connectivity index is 1.73. The molecule has 0 atom stereocenters. The molecule has 188 valence electrons. The summed E-state index contributed by atoms with van der Waals surface area (Å²) >= 11 is 0. The van der Waals surface area contributed by atoms with E-state index < -0.39 is 0 Å². The summed E-state index contributed by atoms with van der Waals surface area (Å²) in [6.45, 7) is 2.93. The van der Waals surface area contributed by atoms with Gasteiger partial charge >= 0.3 is 0 Å². The molecule has 0 aliphatic heterocycles. The molecule has 0 aliphatic carbocycles. The molecule has 0 spiro atoms. The molecule has 1 N–H and O–H groups in total. The van der Waals surface area contributed by atoms with Gasteiger partial charge in [0.2, 0.25) is 5.91 Å². The van der Waals surface area contributed by atoms with Crippen LogP contribution in [0.1, 0.15) is 141 Å². The molecule has 1 aromatic rings. The number of hydrogen-bond donors (Lipinski definition) is 1. The first-order valence-electron chi connectivity index (χ1n) is 14.3. The molecular weight excluding hydrogens is 402 g/mol. The topological polar surface area (TPSA) is 29.1 Å². The van der Waals surface area contributed by atoms with Crippen molar-refractivity contribution >= 4 is 5.91 Å². The first kappa shape index (κ1) is 29.5. The number of rotatable bonds is 23. The molecule has 2 nitrogen and oxygen atoms in total. The number of unbranched alkanes of at least 4 members (excludes halogenated alkanes) is 17. The molecule has 0 aliphatic rings. The van der Waals surface area contributed by atoms with Crippen LogP contribution in [0.3, 0.4) is 0 Å². The van der Waals surface area contributed by atoms with Crippen LogP contribution in [-0.2, 0) is 11.3 Å². The standard InChI is InChI=1S/C31H53NO/c1-2-3-4-5-6-7-8-9-10-11-12-13-14-15-16-17-18-19-20-21-25-28-31(33)32-29-30-26-23-22-24-27-30/h9-10,22-24,26-27H,2-8,11-21,25,28-29H2,1H3,(H,32,33)/b10-9+. The van der Waals surface area contributed by atoms with E-state index in [1.54, 1.807) is 0 Å². The third kappa shape index (κ3) is 20.7. The highest BCUT2D eigenvalue weighted by Crippen LogP contribution is 2.13. The van der Waals surface area contributed by atoms with Crippen LogP contribution in [0.5, 0.6) is 0 Å². The Morgan fingerprint density at radius 2 is 1.09 bits per heavy atom. The zero-order chi connectivity index (χ0) is 23.7. The highest BCUT2D eigenvalue weighted by atomic mass is 16.1. The SMILES string of the molecule is CCCCCCCC/C=C/CCCCCCCCCCCCCC(=O)NCc1ccccc1. The van der Waals surface area contributed by atoms with Crippen molar-refractivity contribution in [2.24, 2.45) is 0 Å². The zero-order valence-electron chi connectivity index (χ0n) is 21.8. The first-order chi connectivity index (χ1) is 16.3. The molecule has 0 radical (unpaired) electrons. The van der Waals surface area contributed by atoms with Gasteiger partial charge in [0.25, 0.3) is 0 Å². The lowest BCUT2D eigenvalue weighted by molar-refractivity contribution is -0.121. The molecule has 0 aromatic heterocycles. The highest BCUT2D eigenvalue weighted by Gasteiger charge is 2.01. The summed E-state index contributed by atoms with van der Waals surface area (Å²) < 4.78 is 0. The van der Waals surface area contributed by atoms with E-state index in [-0.39, 0.29) is 5.91 Å². The summed E-state index contributed by atoms with van der Waals surface area (Å²) in [6, 6.07) is 10.1. The van der Waals surface area contributed by atoms with E-state index in [0.717, 1.165) is 6.42 Å². The third-order valence-electron chi connectivity index (χ3n) is 6.50. The van der Waals surface area contributed by atoms with E-state index in [1.807, 2.05) is 18.2 Å². The summed E-state index contributed by atoms with van der Waals surface area (Å²) in [5, 5.41) is 3.02. The predicted octanol–water partition coefficient (Wildman–Crippen LogP) is 9.68. The molecule has 0 saturated carbocycles. The second-order valence-corrected chi connectivity index (χ2v) is 9.72. The second kappa shape index (κ2) is 23.6. The van der Waals surface area contributed by atoms with E-state index in [4.69, 9.17) is 0 Å². The number of carbonyl (C=O) groups excluding carboxylic acids is 1. The molecule has 0 fully saturated rings. The minimum absolute atomic E-state index is 0.187. The van der Waals surface area contributed by atoms with Crippen molar-refractivity contribution in [3.05, 3.63) is 48.0 Å². The molecule has 0 unspecified atom stereocenters. The second-order valence-electron chi connectivity index (χ2n) is 9.72. The van der Waals surface area contributed by atoms with Crippen molar-refractivity contribution in [1.29, 1.82) is 0 Å².